The number of aryl methyl sites for hydroxylation is 3. The van der Waals surface area contributed by atoms with Crippen LogP contribution in [-0.4, -0.2) is 25.3 Å². The third-order valence-corrected chi connectivity index (χ3v) is 6.55. The molecular weight excluding hydrogens is 426 g/mol. The van der Waals surface area contributed by atoms with Gasteiger partial charge in [0.1, 0.15) is 11.1 Å². The molecule has 32 heavy (non-hydrogen) atoms. The summed E-state index contributed by atoms with van der Waals surface area (Å²) in [6.45, 7) is 3.88. The van der Waals surface area contributed by atoms with Crippen LogP contribution in [0.4, 0.5) is 5.95 Å². The fourth-order valence-corrected chi connectivity index (χ4v) is 5.23. The number of allylic oxidation sites excluding steroid dienone is 1. The molecule has 2 bridgehead atoms. The molecule has 3 aliphatic carbocycles. The minimum absolute atomic E-state index is 0.121. The molecule has 0 amide bonds. The van der Waals surface area contributed by atoms with Crippen molar-refractivity contribution in [2.45, 2.75) is 38.6 Å². The first-order chi connectivity index (χ1) is 15.3. The van der Waals surface area contributed by atoms with Crippen molar-refractivity contribution in [3.8, 4) is 23.8 Å². The molecule has 3 aliphatic rings. The average molecular weight is 446 g/mol. The van der Waals surface area contributed by atoms with E-state index in [1.165, 1.54) is 6.08 Å². The summed E-state index contributed by atoms with van der Waals surface area (Å²) in [5.41, 5.74) is 2.98. The molecule has 0 spiro atoms. The van der Waals surface area contributed by atoms with Gasteiger partial charge in [-0.2, -0.15) is 25.6 Å². The quantitative estimate of drug-likeness (QED) is 0.560. The standard InChI is InChI=1S/C23H20ClN7O/c1-13-7-15(5-4-6-25)8-14(2)17(13)32-20-16-18(24)30-31(3)19(16)27-21(28-20)29-23-9-22(10-23,11-23)12-26/h4-5,7-8H,9-11H2,1-3H3,(H,27,28,29)/b5-4+. The van der Waals surface area contributed by atoms with Crippen molar-refractivity contribution in [1.82, 2.24) is 19.7 Å². The van der Waals surface area contributed by atoms with Crippen LogP contribution >= 0.6 is 11.6 Å². The van der Waals surface area contributed by atoms with Gasteiger partial charge in [-0.15, -0.1) is 0 Å². The molecule has 3 aromatic rings. The van der Waals surface area contributed by atoms with Gasteiger partial charge in [-0.1, -0.05) is 11.6 Å². The number of benzene rings is 1. The molecule has 0 saturated heterocycles. The van der Waals surface area contributed by atoms with Gasteiger partial charge in [-0.05, 0) is 68.0 Å². The van der Waals surface area contributed by atoms with Crippen molar-refractivity contribution in [3.05, 3.63) is 40.1 Å². The summed E-state index contributed by atoms with van der Waals surface area (Å²) in [4.78, 5) is 9.26. The van der Waals surface area contributed by atoms with Crippen LogP contribution in [0.3, 0.4) is 0 Å². The van der Waals surface area contributed by atoms with Crippen LogP contribution in [-0.2, 0) is 7.05 Å². The zero-order chi connectivity index (χ0) is 22.7. The fraction of sp³-hybridized carbons (Fsp3) is 0.348. The first-order valence-electron chi connectivity index (χ1n) is 10.2. The maximum Gasteiger partial charge on any atom is 0.236 e. The first-order valence-corrected chi connectivity index (χ1v) is 10.6. The summed E-state index contributed by atoms with van der Waals surface area (Å²) >= 11 is 6.39. The van der Waals surface area contributed by atoms with Crippen molar-refractivity contribution in [2.75, 3.05) is 5.32 Å². The number of halogens is 1. The van der Waals surface area contributed by atoms with E-state index >= 15 is 0 Å². The Labute approximate surface area is 190 Å². The highest BCUT2D eigenvalue weighted by Gasteiger charge is 2.69. The van der Waals surface area contributed by atoms with Crippen LogP contribution < -0.4 is 10.1 Å². The Morgan fingerprint density at radius 1 is 1.19 bits per heavy atom. The maximum absolute atomic E-state index is 9.30. The zero-order valence-corrected chi connectivity index (χ0v) is 18.7. The summed E-state index contributed by atoms with van der Waals surface area (Å²) in [5, 5.41) is 26.6. The molecule has 0 unspecified atom stereocenters. The fourth-order valence-electron chi connectivity index (χ4n) is 4.95. The molecule has 2 aromatic heterocycles. The van der Waals surface area contributed by atoms with Gasteiger partial charge in [0.2, 0.25) is 11.8 Å². The highest BCUT2D eigenvalue weighted by molar-refractivity contribution is 6.34. The Balaban J connectivity index is 1.53. The van der Waals surface area contributed by atoms with Gasteiger partial charge in [0.25, 0.3) is 0 Å². The smallest absolute Gasteiger partial charge is 0.236 e. The highest BCUT2D eigenvalue weighted by atomic mass is 35.5. The van der Waals surface area contributed by atoms with Crippen LogP contribution in [0.25, 0.3) is 17.1 Å². The van der Waals surface area contributed by atoms with E-state index in [0.717, 1.165) is 36.0 Å². The Hall–Kier alpha value is -3.62. The van der Waals surface area contributed by atoms with Crippen LogP contribution in [0.2, 0.25) is 5.15 Å². The summed E-state index contributed by atoms with van der Waals surface area (Å²) in [5.74, 6) is 1.42. The lowest BCUT2D eigenvalue weighted by atomic mass is 9.40. The van der Waals surface area contributed by atoms with Crippen molar-refractivity contribution in [2.24, 2.45) is 12.5 Å². The molecule has 160 valence electrons. The first kappa shape index (κ1) is 20.3. The SMILES string of the molecule is Cc1cc(/C=C/C#N)cc(C)c1Oc1nc(NC23CC(C#N)(C2)C3)nc2c1c(Cl)nn2C. The average Bonchev–Trinajstić information content (AvgIpc) is 2.98. The number of rotatable bonds is 5. The lowest BCUT2D eigenvalue weighted by molar-refractivity contribution is -0.0665. The minimum Gasteiger partial charge on any atom is -0.437 e. The number of hydrogen-bond acceptors (Lipinski definition) is 7. The Morgan fingerprint density at radius 2 is 1.88 bits per heavy atom. The summed E-state index contributed by atoms with van der Waals surface area (Å²) in [6.07, 6.45) is 5.60. The number of hydrogen-bond donors (Lipinski definition) is 1. The number of nitrogens with zero attached hydrogens (tertiary/aromatic N) is 6. The molecule has 6 rings (SSSR count). The Morgan fingerprint density at radius 3 is 2.50 bits per heavy atom. The molecular formula is C23H20ClN7O. The zero-order valence-electron chi connectivity index (χ0n) is 17.9. The van der Waals surface area contributed by atoms with Crippen LogP contribution in [0, 0.1) is 41.9 Å². The van der Waals surface area contributed by atoms with Gasteiger partial charge in [0.15, 0.2) is 10.8 Å². The lowest BCUT2D eigenvalue weighted by Crippen LogP contribution is -2.70. The third kappa shape index (κ3) is 3.07. The topological polar surface area (TPSA) is 112 Å². The Bertz CT molecular complexity index is 1350. The minimum atomic E-state index is -0.178. The van der Waals surface area contributed by atoms with Gasteiger partial charge in [-0.25, -0.2) is 4.68 Å². The lowest BCUT2D eigenvalue weighted by Gasteiger charge is -2.66. The van der Waals surface area contributed by atoms with Crippen LogP contribution in [0.5, 0.6) is 11.6 Å². The molecule has 0 aliphatic heterocycles. The van der Waals surface area contributed by atoms with E-state index in [-0.39, 0.29) is 16.1 Å². The predicted octanol–water partition coefficient (Wildman–Crippen LogP) is 4.82. The van der Waals surface area contributed by atoms with E-state index in [0.29, 0.717) is 28.6 Å². The summed E-state index contributed by atoms with van der Waals surface area (Å²) in [6, 6.07) is 8.31. The molecule has 2 heterocycles. The Kier molecular flexibility index (Phi) is 4.40. The van der Waals surface area contributed by atoms with E-state index in [9.17, 15) is 5.26 Å². The normalized spacial score (nSPS) is 23.3. The molecule has 1 N–H and O–H groups in total. The number of aromatic nitrogens is 4. The molecule has 1 aromatic carbocycles. The largest absolute Gasteiger partial charge is 0.437 e. The number of fused-ring (bicyclic) bond motifs is 1. The second-order valence-electron chi connectivity index (χ2n) is 8.84. The van der Waals surface area contributed by atoms with E-state index in [4.69, 9.17) is 21.6 Å². The van der Waals surface area contributed by atoms with E-state index in [1.54, 1.807) is 17.8 Å². The monoisotopic (exact) mass is 445 g/mol. The van der Waals surface area contributed by atoms with Gasteiger partial charge in [0, 0.05) is 18.7 Å². The maximum atomic E-state index is 9.30. The molecule has 3 fully saturated rings. The van der Waals surface area contributed by atoms with Crippen molar-refractivity contribution in [3.63, 3.8) is 0 Å². The van der Waals surface area contributed by atoms with E-state index in [2.05, 4.69) is 26.5 Å². The van der Waals surface area contributed by atoms with Gasteiger partial charge >= 0.3 is 0 Å². The predicted molar refractivity (Wildman–Crippen MR) is 120 cm³/mol. The molecule has 9 heteroatoms. The van der Waals surface area contributed by atoms with Crippen molar-refractivity contribution >= 4 is 34.7 Å². The number of nitrogens with one attached hydrogen (secondary N) is 1. The molecule has 0 atom stereocenters. The second-order valence-corrected chi connectivity index (χ2v) is 9.20. The molecule has 3 saturated carbocycles. The molecule has 0 radical (unpaired) electrons. The number of nitriles is 2. The van der Waals surface area contributed by atoms with Crippen LogP contribution in [0.1, 0.15) is 36.0 Å². The second kappa shape index (κ2) is 6.94. The number of ether oxygens (including phenoxy) is 1. The molecule has 8 nitrogen and oxygen atoms in total. The van der Waals surface area contributed by atoms with Crippen molar-refractivity contribution in [1.29, 1.82) is 10.5 Å². The van der Waals surface area contributed by atoms with Gasteiger partial charge in [0.05, 0.1) is 17.6 Å². The highest BCUT2D eigenvalue weighted by Crippen LogP contribution is 2.67. The van der Waals surface area contributed by atoms with Gasteiger partial charge in [-0.3, -0.25) is 0 Å². The van der Waals surface area contributed by atoms with Crippen molar-refractivity contribution < 1.29 is 4.74 Å². The van der Waals surface area contributed by atoms with Gasteiger partial charge < -0.3 is 10.1 Å². The summed E-state index contributed by atoms with van der Waals surface area (Å²) < 4.78 is 7.90. The van der Waals surface area contributed by atoms with Crippen LogP contribution in [0.15, 0.2) is 18.2 Å². The van der Waals surface area contributed by atoms with E-state index < -0.39 is 0 Å². The summed E-state index contributed by atoms with van der Waals surface area (Å²) in [7, 11) is 1.77. The third-order valence-electron chi connectivity index (χ3n) is 6.28. The van der Waals surface area contributed by atoms with E-state index in [1.807, 2.05) is 32.0 Å². The number of anilines is 1.